The van der Waals surface area contributed by atoms with Crippen molar-refractivity contribution in [1.29, 1.82) is 0 Å². The van der Waals surface area contributed by atoms with Crippen molar-refractivity contribution < 1.29 is 27.5 Å². The molecule has 1 unspecified atom stereocenters. The van der Waals surface area contributed by atoms with E-state index in [1.807, 2.05) is 0 Å². The molecule has 32 heavy (non-hydrogen) atoms. The fourth-order valence-corrected chi connectivity index (χ4v) is 6.89. The van der Waals surface area contributed by atoms with Gasteiger partial charge in [0.15, 0.2) is 0 Å². The first-order valence-electron chi connectivity index (χ1n) is 11.0. The van der Waals surface area contributed by atoms with Crippen LogP contribution in [0.15, 0.2) is 21.7 Å². The highest BCUT2D eigenvalue weighted by molar-refractivity contribution is 7.91. The zero-order valence-electron chi connectivity index (χ0n) is 18.6. The number of ether oxygens (including phenoxy) is 1. The summed E-state index contributed by atoms with van der Waals surface area (Å²) in [6.45, 7) is 3.49. The van der Waals surface area contributed by atoms with Crippen molar-refractivity contribution in [3.63, 3.8) is 0 Å². The number of hydrogen-bond donors (Lipinski definition) is 0. The van der Waals surface area contributed by atoms with E-state index in [9.17, 15) is 22.8 Å². The summed E-state index contributed by atoms with van der Waals surface area (Å²) in [5, 5.41) is 1.72. The number of thiophene rings is 1. The summed E-state index contributed by atoms with van der Waals surface area (Å²) >= 11 is 1.16. The predicted molar refractivity (Wildman–Crippen MR) is 119 cm³/mol. The monoisotopic (exact) mass is 485 g/mol. The van der Waals surface area contributed by atoms with E-state index in [-0.39, 0.29) is 41.0 Å². The summed E-state index contributed by atoms with van der Waals surface area (Å²) in [5.41, 5.74) is 0. The standard InChI is InChI=1S/C21H31N3O6S2/c1-3-30-21(27)16-8-11-23(12-9-16)18(25)15-22(2)20(26)17-6-4-10-24(14-17)32(28,29)19-7-5-13-31-19/h5,7,13,16-17H,3-4,6,8-12,14-15H2,1-2H3. The van der Waals surface area contributed by atoms with Gasteiger partial charge in [-0.25, -0.2) is 8.42 Å². The van der Waals surface area contributed by atoms with Crippen LogP contribution in [0.3, 0.4) is 0 Å². The Morgan fingerprint density at radius 1 is 1.16 bits per heavy atom. The number of likely N-dealkylation sites (N-methyl/N-ethyl adjacent to an activating group) is 1. The van der Waals surface area contributed by atoms with E-state index >= 15 is 0 Å². The summed E-state index contributed by atoms with van der Waals surface area (Å²) < 4.78 is 32.3. The third-order valence-electron chi connectivity index (χ3n) is 6.04. The Balaban J connectivity index is 1.52. The summed E-state index contributed by atoms with van der Waals surface area (Å²) in [6, 6.07) is 3.26. The van der Waals surface area contributed by atoms with E-state index < -0.39 is 15.9 Å². The average molecular weight is 486 g/mol. The largest absolute Gasteiger partial charge is 0.466 e. The molecule has 11 heteroatoms. The van der Waals surface area contributed by atoms with E-state index in [0.717, 1.165) is 11.3 Å². The molecule has 0 aliphatic carbocycles. The molecule has 1 aromatic heterocycles. The molecule has 3 heterocycles. The molecule has 2 amide bonds. The van der Waals surface area contributed by atoms with E-state index in [0.29, 0.717) is 51.9 Å². The molecule has 9 nitrogen and oxygen atoms in total. The maximum absolute atomic E-state index is 13.0. The van der Waals surface area contributed by atoms with Crippen molar-refractivity contribution >= 4 is 39.1 Å². The van der Waals surface area contributed by atoms with Crippen molar-refractivity contribution in [3.8, 4) is 0 Å². The van der Waals surface area contributed by atoms with Crippen LogP contribution < -0.4 is 0 Å². The lowest BCUT2D eigenvalue weighted by Crippen LogP contribution is -2.49. The Hall–Kier alpha value is -1.98. The van der Waals surface area contributed by atoms with Gasteiger partial charge in [-0.1, -0.05) is 6.07 Å². The molecular weight excluding hydrogens is 454 g/mol. The third kappa shape index (κ3) is 5.68. The molecule has 2 saturated heterocycles. The molecule has 178 valence electrons. The highest BCUT2D eigenvalue weighted by atomic mass is 32.2. The van der Waals surface area contributed by atoms with Crippen molar-refractivity contribution in [2.45, 2.75) is 36.8 Å². The number of esters is 1. The molecule has 0 spiro atoms. The fourth-order valence-electron chi connectivity index (χ4n) is 4.22. The fraction of sp³-hybridized carbons (Fsp3) is 0.667. The van der Waals surface area contributed by atoms with Gasteiger partial charge in [0.25, 0.3) is 10.0 Å². The van der Waals surface area contributed by atoms with Gasteiger partial charge in [0.2, 0.25) is 11.8 Å². The topological polar surface area (TPSA) is 104 Å². The molecule has 0 bridgehead atoms. The number of carbonyl (C=O) groups is 3. The number of hydrogen-bond acceptors (Lipinski definition) is 7. The van der Waals surface area contributed by atoms with Gasteiger partial charge in [0, 0.05) is 33.2 Å². The Morgan fingerprint density at radius 3 is 2.50 bits per heavy atom. The van der Waals surface area contributed by atoms with Crippen LogP contribution in [0.25, 0.3) is 0 Å². The Kier molecular flexibility index (Phi) is 8.29. The highest BCUT2D eigenvalue weighted by Gasteiger charge is 2.36. The number of nitrogens with zero attached hydrogens (tertiary/aromatic N) is 3. The molecule has 1 aromatic rings. The van der Waals surface area contributed by atoms with Crippen LogP contribution in [0.1, 0.15) is 32.6 Å². The molecule has 2 aliphatic rings. The lowest BCUT2D eigenvalue weighted by molar-refractivity contribution is -0.151. The van der Waals surface area contributed by atoms with Gasteiger partial charge in [0.1, 0.15) is 4.21 Å². The molecule has 2 aliphatic heterocycles. The van der Waals surface area contributed by atoms with Crippen molar-refractivity contribution in [2.24, 2.45) is 11.8 Å². The SMILES string of the molecule is CCOC(=O)C1CCN(C(=O)CN(C)C(=O)C2CCCN(S(=O)(=O)c3cccs3)C2)CC1. The molecule has 0 radical (unpaired) electrons. The van der Waals surface area contributed by atoms with Gasteiger partial charge < -0.3 is 14.5 Å². The van der Waals surface area contributed by atoms with E-state index in [1.165, 1.54) is 9.21 Å². The quantitative estimate of drug-likeness (QED) is 0.541. The summed E-state index contributed by atoms with van der Waals surface area (Å²) in [4.78, 5) is 40.6. The van der Waals surface area contributed by atoms with Crippen LogP contribution in [0.4, 0.5) is 0 Å². The number of sulfonamides is 1. The zero-order chi connectivity index (χ0) is 23.3. The lowest BCUT2D eigenvalue weighted by atomic mass is 9.96. The number of carbonyl (C=O) groups excluding carboxylic acids is 3. The van der Waals surface area contributed by atoms with Crippen molar-refractivity contribution in [2.75, 3.05) is 46.4 Å². The molecule has 3 rings (SSSR count). The molecule has 0 saturated carbocycles. The second-order valence-electron chi connectivity index (χ2n) is 8.24. The van der Waals surface area contributed by atoms with Gasteiger partial charge in [-0.05, 0) is 44.1 Å². The van der Waals surface area contributed by atoms with Crippen LogP contribution >= 0.6 is 11.3 Å². The van der Waals surface area contributed by atoms with Crippen molar-refractivity contribution in [3.05, 3.63) is 17.5 Å². The van der Waals surface area contributed by atoms with E-state index in [2.05, 4.69) is 0 Å². The maximum atomic E-state index is 13.0. The normalized spacial score (nSPS) is 20.7. The number of piperidine rings is 2. The predicted octanol–water partition coefficient (Wildman–Crippen LogP) is 1.41. The summed E-state index contributed by atoms with van der Waals surface area (Å²) in [7, 11) is -2.02. The number of likely N-dealkylation sites (tertiary alicyclic amines) is 1. The Labute approximate surface area is 193 Å². The summed E-state index contributed by atoms with van der Waals surface area (Å²) in [6.07, 6.45) is 2.31. The second kappa shape index (κ2) is 10.8. The van der Waals surface area contributed by atoms with Crippen LogP contribution in [-0.2, 0) is 29.1 Å². The Bertz CT molecular complexity index is 910. The molecule has 1 atom stereocenters. The van der Waals surface area contributed by atoms with E-state index in [1.54, 1.807) is 36.4 Å². The van der Waals surface area contributed by atoms with Gasteiger partial charge in [0.05, 0.1) is 25.0 Å². The van der Waals surface area contributed by atoms with Crippen molar-refractivity contribution in [1.82, 2.24) is 14.1 Å². The van der Waals surface area contributed by atoms with Gasteiger partial charge >= 0.3 is 5.97 Å². The lowest BCUT2D eigenvalue weighted by Gasteiger charge is -2.34. The molecule has 0 N–H and O–H groups in total. The molecule has 0 aromatic carbocycles. The highest BCUT2D eigenvalue weighted by Crippen LogP contribution is 2.27. The Morgan fingerprint density at radius 2 is 1.88 bits per heavy atom. The first-order valence-corrected chi connectivity index (χ1v) is 13.3. The minimum Gasteiger partial charge on any atom is -0.466 e. The van der Waals surface area contributed by atoms with E-state index in [4.69, 9.17) is 4.74 Å². The van der Waals surface area contributed by atoms with Gasteiger partial charge in [-0.15, -0.1) is 11.3 Å². The van der Waals surface area contributed by atoms with Crippen LogP contribution in [-0.4, -0.2) is 86.7 Å². The van der Waals surface area contributed by atoms with Crippen LogP contribution in [0.5, 0.6) is 0 Å². The second-order valence-corrected chi connectivity index (χ2v) is 11.3. The zero-order valence-corrected chi connectivity index (χ0v) is 20.2. The minimum atomic E-state index is -3.60. The third-order valence-corrected chi connectivity index (χ3v) is 9.28. The van der Waals surface area contributed by atoms with Gasteiger partial charge in [-0.3, -0.25) is 14.4 Å². The van der Waals surface area contributed by atoms with Gasteiger partial charge in [-0.2, -0.15) is 4.31 Å². The van der Waals surface area contributed by atoms with Crippen LogP contribution in [0, 0.1) is 11.8 Å². The first-order chi connectivity index (χ1) is 15.2. The molecular formula is C21H31N3O6S2. The average Bonchev–Trinajstić information content (AvgIpc) is 3.35. The number of rotatable bonds is 7. The maximum Gasteiger partial charge on any atom is 0.309 e. The smallest absolute Gasteiger partial charge is 0.309 e. The summed E-state index contributed by atoms with van der Waals surface area (Å²) in [5.74, 6) is -1.25. The number of amides is 2. The van der Waals surface area contributed by atoms with Crippen LogP contribution in [0.2, 0.25) is 0 Å². The first kappa shape index (κ1) is 24.7. The minimum absolute atomic E-state index is 0.0585. The molecule has 2 fully saturated rings.